The van der Waals surface area contributed by atoms with Crippen LogP contribution in [-0.2, 0) is 9.84 Å². The van der Waals surface area contributed by atoms with Crippen molar-refractivity contribution in [1.82, 2.24) is 9.88 Å². The molecule has 1 amide bonds. The number of amides is 1. The van der Waals surface area contributed by atoms with E-state index in [1.165, 1.54) is 6.26 Å². The largest absolute Gasteiger partial charge is 0.333 e. The smallest absolute Gasteiger partial charge is 0.255 e. The molecule has 0 aromatic carbocycles. The SMILES string of the molecule is CS(=O)(=O)C1CC2CCC(C1)N2C(=O)c1cncc(Br)c1. The summed E-state index contributed by atoms with van der Waals surface area (Å²) in [6.45, 7) is 0. The number of carbonyl (C=O) groups excluding carboxylic acids is 1. The fourth-order valence-electron chi connectivity index (χ4n) is 3.49. The van der Waals surface area contributed by atoms with E-state index in [0.717, 1.165) is 17.3 Å². The molecule has 0 saturated carbocycles. The molecular weight excluding hydrogens is 356 g/mol. The molecule has 2 atom stereocenters. The Morgan fingerprint density at radius 3 is 2.43 bits per heavy atom. The van der Waals surface area contributed by atoms with Gasteiger partial charge in [0.2, 0.25) is 0 Å². The zero-order chi connectivity index (χ0) is 15.2. The van der Waals surface area contributed by atoms with E-state index in [9.17, 15) is 13.2 Å². The van der Waals surface area contributed by atoms with Crippen LogP contribution in [0.1, 0.15) is 36.0 Å². The van der Waals surface area contributed by atoms with E-state index in [4.69, 9.17) is 0 Å². The Hall–Kier alpha value is -0.950. The van der Waals surface area contributed by atoms with E-state index in [0.29, 0.717) is 18.4 Å². The molecule has 2 aliphatic rings. The number of rotatable bonds is 2. The highest BCUT2D eigenvalue weighted by Crippen LogP contribution is 2.39. The average Bonchev–Trinajstić information content (AvgIpc) is 2.66. The van der Waals surface area contributed by atoms with Gasteiger partial charge in [-0.3, -0.25) is 9.78 Å². The van der Waals surface area contributed by atoms with Gasteiger partial charge >= 0.3 is 0 Å². The van der Waals surface area contributed by atoms with Crippen LogP contribution >= 0.6 is 15.9 Å². The Balaban J connectivity index is 1.84. The van der Waals surface area contributed by atoms with E-state index in [-0.39, 0.29) is 23.2 Å². The number of pyridine rings is 1. The van der Waals surface area contributed by atoms with Crippen LogP contribution in [-0.4, -0.2) is 47.8 Å². The van der Waals surface area contributed by atoms with E-state index < -0.39 is 9.84 Å². The maximum absolute atomic E-state index is 12.7. The third kappa shape index (κ3) is 2.85. The summed E-state index contributed by atoms with van der Waals surface area (Å²) in [5, 5.41) is -0.306. The van der Waals surface area contributed by atoms with Crippen LogP contribution in [0.4, 0.5) is 0 Å². The maximum Gasteiger partial charge on any atom is 0.255 e. The van der Waals surface area contributed by atoms with Gasteiger partial charge in [-0.05, 0) is 47.7 Å². The Bertz CT molecular complexity index is 663. The molecule has 0 radical (unpaired) electrons. The number of nitrogens with zero attached hydrogens (tertiary/aromatic N) is 2. The van der Waals surface area contributed by atoms with Gasteiger partial charge in [-0.25, -0.2) is 8.42 Å². The Labute approximate surface area is 132 Å². The molecule has 21 heavy (non-hydrogen) atoms. The zero-order valence-corrected chi connectivity index (χ0v) is 14.1. The van der Waals surface area contributed by atoms with Gasteiger partial charge in [0.25, 0.3) is 5.91 Å². The minimum Gasteiger partial charge on any atom is -0.333 e. The number of hydrogen-bond acceptors (Lipinski definition) is 4. The lowest BCUT2D eigenvalue weighted by atomic mass is 10.0. The first-order valence-electron chi connectivity index (χ1n) is 6.98. The van der Waals surface area contributed by atoms with Gasteiger partial charge in [-0.15, -0.1) is 0 Å². The van der Waals surface area contributed by atoms with Crippen LogP contribution in [0.2, 0.25) is 0 Å². The van der Waals surface area contributed by atoms with Crippen molar-refractivity contribution >= 4 is 31.7 Å². The maximum atomic E-state index is 12.7. The molecule has 2 aliphatic heterocycles. The van der Waals surface area contributed by atoms with Gasteiger partial charge in [-0.1, -0.05) is 0 Å². The third-order valence-electron chi connectivity index (χ3n) is 4.48. The summed E-state index contributed by atoms with van der Waals surface area (Å²) in [6, 6.07) is 1.84. The van der Waals surface area contributed by atoms with Crippen molar-refractivity contribution in [2.45, 2.75) is 43.0 Å². The van der Waals surface area contributed by atoms with Crippen molar-refractivity contribution in [2.75, 3.05) is 6.26 Å². The second-order valence-corrected chi connectivity index (χ2v) is 9.15. The van der Waals surface area contributed by atoms with Gasteiger partial charge in [0.15, 0.2) is 0 Å². The van der Waals surface area contributed by atoms with Crippen molar-refractivity contribution < 1.29 is 13.2 Å². The number of fused-ring (bicyclic) bond motifs is 2. The summed E-state index contributed by atoms with van der Waals surface area (Å²) in [6.07, 6.45) is 7.40. The molecule has 0 aliphatic carbocycles. The van der Waals surface area contributed by atoms with E-state index in [1.807, 2.05) is 4.90 Å². The summed E-state index contributed by atoms with van der Waals surface area (Å²) in [5.41, 5.74) is 0.555. The molecule has 1 aromatic rings. The van der Waals surface area contributed by atoms with Gasteiger partial charge in [0.05, 0.1) is 10.8 Å². The molecular formula is C14H17BrN2O3S. The lowest BCUT2D eigenvalue weighted by molar-refractivity contribution is 0.0598. The number of piperidine rings is 1. The van der Waals surface area contributed by atoms with Gasteiger partial charge in [-0.2, -0.15) is 0 Å². The highest BCUT2D eigenvalue weighted by molar-refractivity contribution is 9.10. The molecule has 114 valence electrons. The van der Waals surface area contributed by atoms with E-state index in [1.54, 1.807) is 18.5 Å². The average molecular weight is 373 g/mol. The minimum absolute atomic E-state index is 0.0370. The van der Waals surface area contributed by atoms with Crippen LogP contribution < -0.4 is 0 Å². The zero-order valence-electron chi connectivity index (χ0n) is 11.7. The molecule has 7 heteroatoms. The fourth-order valence-corrected chi connectivity index (χ4v) is 4.99. The number of aromatic nitrogens is 1. The Morgan fingerprint density at radius 2 is 1.90 bits per heavy atom. The van der Waals surface area contributed by atoms with Crippen molar-refractivity contribution in [3.63, 3.8) is 0 Å². The van der Waals surface area contributed by atoms with Crippen LogP contribution in [0.5, 0.6) is 0 Å². The number of halogens is 1. The van der Waals surface area contributed by atoms with Crippen LogP contribution in [0.3, 0.4) is 0 Å². The first-order valence-corrected chi connectivity index (χ1v) is 9.73. The van der Waals surface area contributed by atoms with Crippen molar-refractivity contribution in [3.8, 4) is 0 Å². The molecule has 2 unspecified atom stereocenters. The number of sulfone groups is 1. The molecule has 5 nitrogen and oxygen atoms in total. The Morgan fingerprint density at radius 1 is 1.29 bits per heavy atom. The predicted octanol–water partition coefficient (Wildman–Crippen LogP) is 2.02. The summed E-state index contributed by atoms with van der Waals surface area (Å²) in [4.78, 5) is 18.6. The van der Waals surface area contributed by atoms with Crippen molar-refractivity contribution in [3.05, 3.63) is 28.5 Å². The summed E-state index contributed by atoms with van der Waals surface area (Å²) < 4.78 is 24.3. The lowest BCUT2D eigenvalue weighted by Gasteiger charge is -2.38. The number of carbonyl (C=O) groups is 1. The molecule has 2 saturated heterocycles. The number of hydrogen-bond donors (Lipinski definition) is 0. The van der Waals surface area contributed by atoms with Gasteiger partial charge in [0.1, 0.15) is 9.84 Å². The Kier molecular flexibility index (Phi) is 3.81. The van der Waals surface area contributed by atoms with Crippen LogP contribution in [0.15, 0.2) is 22.9 Å². The van der Waals surface area contributed by atoms with E-state index >= 15 is 0 Å². The van der Waals surface area contributed by atoms with Gasteiger partial charge in [0, 0.05) is 35.2 Å². The predicted molar refractivity (Wildman–Crippen MR) is 82.8 cm³/mol. The topological polar surface area (TPSA) is 67.3 Å². The highest BCUT2D eigenvalue weighted by atomic mass is 79.9. The first kappa shape index (κ1) is 15.0. The second kappa shape index (κ2) is 5.35. The molecule has 3 rings (SSSR count). The summed E-state index contributed by atoms with van der Waals surface area (Å²) >= 11 is 3.32. The molecule has 3 heterocycles. The molecule has 0 spiro atoms. The summed E-state index contributed by atoms with van der Waals surface area (Å²) in [7, 11) is -3.03. The van der Waals surface area contributed by atoms with Crippen molar-refractivity contribution in [1.29, 1.82) is 0 Å². The van der Waals surface area contributed by atoms with Crippen LogP contribution in [0.25, 0.3) is 0 Å². The standard InChI is InChI=1S/C14H17BrN2O3S/c1-21(19,20)13-5-11-2-3-12(6-13)17(11)14(18)9-4-10(15)8-16-7-9/h4,7-8,11-13H,2-3,5-6H2,1H3. The molecule has 2 fully saturated rings. The normalized spacial score (nSPS) is 28.7. The fraction of sp³-hybridized carbons (Fsp3) is 0.571. The minimum atomic E-state index is -3.03. The van der Waals surface area contributed by atoms with Gasteiger partial charge < -0.3 is 4.90 Å². The molecule has 2 bridgehead atoms. The molecule has 0 N–H and O–H groups in total. The second-order valence-electron chi connectivity index (χ2n) is 5.91. The monoisotopic (exact) mass is 372 g/mol. The highest BCUT2D eigenvalue weighted by Gasteiger charge is 2.46. The quantitative estimate of drug-likeness (QED) is 0.796. The first-order chi connectivity index (χ1) is 9.86. The third-order valence-corrected chi connectivity index (χ3v) is 6.51. The summed E-state index contributed by atoms with van der Waals surface area (Å²) in [5.74, 6) is -0.0387. The van der Waals surface area contributed by atoms with Crippen LogP contribution in [0, 0.1) is 0 Å². The lowest BCUT2D eigenvalue weighted by Crippen LogP contribution is -2.49. The van der Waals surface area contributed by atoms with Crippen molar-refractivity contribution in [2.24, 2.45) is 0 Å². The van der Waals surface area contributed by atoms with E-state index in [2.05, 4.69) is 20.9 Å². The molecule has 1 aromatic heterocycles.